The third-order valence-electron chi connectivity index (χ3n) is 2.77. The maximum atomic E-state index is 10.7. The van der Waals surface area contributed by atoms with Crippen LogP contribution in [0.5, 0.6) is 0 Å². The van der Waals surface area contributed by atoms with Crippen LogP contribution in [0.4, 0.5) is 0 Å². The van der Waals surface area contributed by atoms with Crippen LogP contribution in [0.1, 0.15) is 29.7 Å². The van der Waals surface area contributed by atoms with Crippen LogP contribution in [0.25, 0.3) is 0 Å². The molecule has 0 aliphatic carbocycles. The van der Waals surface area contributed by atoms with Crippen molar-refractivity contribution in [1.82, 2.24) is 4.90 Å². The monoisotopic (exact) mass is 257 g/mol. The van der Waals surface area contributed by atoms with Crippen molar-refractivity contribution in [3.8, 4) is 0 Å². The molecule has 17 heavy (non-hydrogen) atoms. The predicted octanol–water partition coefficient (Wildman–Crippen LogP) is 2.55. The molecule has 1 N–H and O–H groups in total. The van der Waals surface area contributed by atoms with E-state index in [-0.39, 0.29) is 5.76 Å². The molecule has 1 unspecified atom stereocenters. The molecule has 0 radical (unpaired) electrons. The average molecular weight is 257 g/mol. The smallest absolute Gasteiger partial charge is 0.371 e. The molecule has 96 valence electrons. The quantitative estimate of drug-likeness (QED) is 0.813. The van der Waals surface area contributed by atoms with Crippen LogP contribution in [-0.4, -0.2) is 41.1 Å². The van der Waals surface area contributed by atoms with Gasteiger partial charge in [-0.2, -0.15) is 11.8 Å². The Morgan fingerprint density at radius 2 is 2.29 bits per heavy atom. The number of rotatable bonds is 7. The molecule has 0 aliphatic rings. The van der Waals surface area contributed by atoms with E-state index in [1.54, 1.807) is 6.07 Å². The van der Waals surface area contributed by atoms with E-state index < -0.39 is 5.97 Å². The molecule has 0 aromatic carbocycles. The molecular formula is C12H19NO3S. The third-order valence-corrected chi connectivity index (χ3v) is 3.41. The minimum Gasteiger partial charge on any atom is -0.475 e. The lowest BCUT2D eigenvalue weighted by Crippen LogP contribution is -2.28. The summed E-state index contributed by atoms with van der Waals surface area (Å²) >= 11 is 1.83. The van der Waals surface area contributed by atoms with Gasteiger partial charge in [-0.15, -0.1) is 0 Å². The fourth-order valence-electron chi connectivity index (χ4n) is 1.49. The number of carboxylic acids is 1. The molecule has 0 saturated carbocycles. The molecule has 5 heteroatoms. The first kappa shape index (κ1) is 14.1. The topological polar surface area (TPSA) is 53.7 Å². The van der Waals surface area contributed by atoms with E-state index in [1.807, 2.05) is 18.8 Å². The summed E-state index contributed by atoms with van der Waals surface area (Å²) in [6.07, 6.45) is 3.21. The Balaban J connectivity index is 2.49. The fraction of sp³-hybridized carbons (Fsp3) is 0.583. The van der Waals surface area contributed by atoms with Crippen molar-refractivity contribution < 1.29 is 14.3 Å². The van der Waals surface area contributed by atoms with E-state index in [0.29, 0.717) is 18.3 Å². The lowest BCUT2D eigenvalue weighted by atomic mass is 10.2. The summed E-state index contributed by atoms with van der Waals surface area (Å²) < 4.78 is 5.22. The summed E-state index contributed by atoms with van der Waals surface area (Å²) in [4.78, 5) is 12.8. The van der Waals surface area contributed by atoms with Crippen molar-refractivity contribution in [3.05, 3.63) is 23.7 Å². The third kappa shape index (κ3) is 4.44. The highest BCUT2D eigenvalue weighted by atomic mass is 32.2. The van der Waals surface area contributed by atoms with Gasteiger partial charge in [0.25, 0.3) is 0 Å². The Hall–Kier alpha value is -0.940. The number of carboxylic acid groups (broad SMARTS) is 1. The van der Waals surface area contributed by atoms with Crippen LogP contribution < -0.4 is 0 Å². The molecule has 0 saturated heterocycles. The normalized spacial score (nSPS) is 12.9. The van der Waals surface area contributed by atoms with Crippen molar-refractivity contribution in [1.29, 1.82) is 0 Å². The summed E-state index contributed by atoms with van der Waals surface area (Å²) in [7, 11) is 2.02. The van der Waals surface area contributed by atoms with E-state index in [2.05, 4.69) is 18.1 Å². The number of furan rings is 1. The number of aromatic carboxylic acids is 1. The molecule has 1 atom stereocenters. The van der Waals surface area contributed by atoms with E-state index in [9.17, 15) is 4.79 Å². The van der Waals surface area contributed by atoms with Gasteiger partial charge in [0.2, 0.25) is 5.76 Å². The maximum Gasteiger partial charge on any atom is 0.371 e. The highest BCUT2D eigenvalue weighted by Crippen LogP contribution is 2.13. The number of hydrogen-bond donors (Lipinski definition) is 1. The highest BCUT2D eigenvalue weighted by Gasteiger charge is 2.13. The molecule has 1 heterocycles. The summed E-state index contributed by atoms with van der Waals surface area (Å²) in [5.41, 5.74) is 0. The summed E-state index contributed by atoms with van der Waals surface area (Å²) in [6.45, 7) is 2.81. The lowest BCUT2D eigenvalue weighted by molar-refractivity contribution is 0.0658. The van der Waals surface area contributed by atoms with Crippen LogP contribution in [0.2, 0.25) is 0 Å². The van der Waals surface area contributed by atoms with Crippen molar-refractivity contribution in [2.45, 2.75) is 25.9 Å². The van der Waals surface area contributed by atoms with Gasteiger partial charge in [-0.3, -0.25) is 4.90 Å². The standard InChI is InChI=1S/C12H19NO3S/c1-9(6-7-17-3)13(2)8-10-4-5-11(16-10)12(14)15/h4-5,9H,6-8H2,1-3H3,(H,14,15). The van der Waals surface area contributed by atoms with Crippen molar-refractivity contribution in [3.63, 3.8) is 0 Å². The van der Waals surface area contributed by atoms with Crippen LogP contribution >= 0.6 is 11.8 Å². The zero-order valence-corrected chi connectivity index (χ0v) is 11.3. The zero-order valence-electron chi connectivity index (χ0n) is 10.5. The first-order valence-corrected chi connectivity index (χ1v) is 6.95. The molecule has 0 amide bonds. The highest BCUT2D eigenvalue weighted by molar-refractivity contribution is 7.98. The maximum absolute atomic E-state index is 10.7. The van der Waals surface area contributed by atoms with E-state index in [1.165, 1.54) is 6.07 Å². The Kier molecular flexibility index (Phi) is 5.58. The number of nitrogens with zero attached hydrogens (tertiary/aromatic N) is 1. The first-order valence-electron chi connectivity index (χ1n) is 5.55. The zero-order chi connectivity index (χ0) is 12.8. The Morgan fingerprint density at radius 3 is 2.82 bits per heavy atom. The number of hydrogen-bond acceptors (Lipinski definition) is 4. The minimum absolute atomic E-state index is 0.00478. The molecular weight excluding hydrogens is 238 g/mol. The summed E-state index contributed by atoms with van der Waals surface area (Å²) in [5, 5.41) is 8.75. The van der Waals surface area contributed by atoms with Crippen molar-refractivity contribution in [2.75, 3.05) is 19.1 Å². The summed E-state index contributed by atoms with van der Waals surface area (Å²) in [5.74, 6) is 0.810. The average Bonchev–Trinajstić information content (AvgIpc) is 2.74. The molecule has 0 aliphatic heterocycles. The Labute approximate surface area is 106 Å². The molecule has 0 bridgehead atoms. The summed E-state index contributed by atoms with van der Waals surface area (Å²) in [6, 6.07) is 3.68. The molecule has 1 aromatic rings. The van der Waals surface area contributed by atoms with Gasteiger partial charge in [0.15, 0.2) is 0 Å². The second-order valence-corrected chi connectivity index (χ2v) is 5.10. The molecule has 1 aromatic heterocycles. The van der Waals surface area contributed by atoms with Gasteiger partial charge in [0.05, 0.1) is 6.54 Å². The van der Waals surface area contributed by atoms with Gasteiger partial charge in [0.1, 0.15) is 5.76 Å². The largest absolute Gasteiger partial charge is 0.475 e. The lowest BCUT2D eigenvalue weighted by Gasteiger charge is -2.23. The number of thioether (sulfide) groups is 1. The van der Waals surface area contributed by atoms with E-state index in [4.69, 9.17) is 9.52 Å². The van der Waals surface area contributed by atoms with Gasteiger partial charge in [-0.25, -0.2) is 4.79 Å². The molecule has 0 fully saturated rings. The number of carbonyl (C=O) groups is 1. The van der Waals surface area contributed by atoms with Crippen LogP contribution in [0, 0.1) is 0 Å². The minimum atomic E-state index is -1.02. The molecule has 0 spiro atoms. The second kappa shape index (κ2) is 6.71. The predicted molar refractivity (Wildman–Crippen MR) is 69.6 cm³/mol. The van der Waals surface area contributed by atoms with Crippen molar-refractivity contribution >= 4 is 17.7 Å². The van der Waals surface area contributed by atoms with Gasteiger partial charge in [-0.1, -0.05) is 0 Å². The fourth-order valence-corrected chi connectivity index (χ4v) is 2.07. The van der Waals surface area contributed by atoms with Crippen molar-refractivity contribution in [2.24, 2.45) is 0 Å². The Morgan fingerprint density at radius 1 is 1.59 bits per heavy atom. The van der Waals surface area contributed by atoms with Crippen LogP contribution in [-0.2, 0) is 6.54 Å². The van der Waals surface area contributed by atoms with Gasteiger partial charge >= 0.3 is 5.97 Å². The Bertz CT molecular complexity index is 364. The molecule has 4 nitrogen and oxygen atoms in total. The van der Waals surface area contributed by atoms with Gasteiger partial charge < -0.3 is 9.52 Å². The second-order valence-electron chi connectivity index (χ2n) is 4.12. The van der Waals surface area contributed by atoms with Crippen LogP contribution in [0.3, 0.4) is 0 Å². The first-order chi connectivity index (χ1) is 8.04. The van der Waals surface area contributed by atoms with Crippen LogP contribution in [0.15, 0.2) is 16.5 Å². The van der Waals surface area contributed by atoms with E-state index >= 15 is 0 Å². The van der Waals surface area contributed by atoms with Gasteiger partial charge in [0, 0.05) is 6.04 Å². The van der Waals surface area contributed by atoms with Gasteiger partial charge in [-0.05, 0) is 44.5 Å². The SMILES string of the molecule is CSCCC(C)N(C)Cc1ccc(C(=O)O)o1. The van der Waals surface area contributed by atoms with E-state index in [0.717, 1.165) is 12.2 Å². The molecule has 1 rings (SSSR count).